The molecule has 1 aliphatic heterocycles. The molecule has 1 atom stereocenters. The highest BCUT2D eigenvalue weighted by Crippen LogP contribution is 2.30. The van der Waals surface area contributed by atoms with Gasteiger partial charge in [-0.2, -0.15) is 9.61 Å². The Labute approximate surface area is 166 Å². The molecular formula is C19H24BrN6O+. The van der Waals surface area contributed by atoms with Crippen molar-refractivity contribution in [3.63, 3.8) is 0 Å². The van der Waals surface area contributed by atoms with Crippen molar-refractivity contribution in [2.45, 2.75) is 31.8 Å². The van der Waals surface area contributed by atoms with Gasteiger partial charge in [0.25, 0.3) is 0 Å². The molecule has 0 amide bonds. The Hall–Kier alpha value is -2.19. The van der Waals surface area contributed by atoms with Crippen molar-refractivity contribution in [2.24, 2.45) is 7.05 Å². The van der Waals surface area contributed by atoms with Gasteiger partial charge >= 0.3 is 0 Å². The third-order valence-electron chi connectivity index (χ3n) is 5.02. The van der Waals surface area contributed by atoms with Crippen LogP contribution in [0.2, 0.25) is 0 Å². The maximum Gasteiger partial charge on any atom is 0.173 e. The van der Waals surface area contributed by atoms with Crippen LogP contribution in [0.3, 0.4) is 0 Å². The van der Waals surface area contributed by atoms with Gasteiger partial charge in [0.1, 0.15) is 18.7 Å². The number of pyridine rings is 1. The van der Waals surface area contributed by atoms with Crippen molar-refractivity contribution in [3.05, 3.63) is 46.8 Å². The fourth-order valence-corrected chi connectivity index (χ4v) is 4.08. The molecule has 3 aromatic heterocycles. The van der Waals surface area contributed by atoms with E-state index < -0.39 is 0 Å². The minimum Gasteiger partial charge on any atom is -0.396 e. The largest absolute Gasteiger partial charge is 0.396 e. The standard InChI is InChI=1S/C19H24BrN6O/c1-24-7-2-4-14(13-24)11-21-17-10-18(23-19-16(20)12-22-26(17)19)25-8-3-5-15(25)6-9-27/h2,4,7,10,12-13,15,21,27H,3,5-6,8-9,11H2,1H3/q+1/t15-/m0/s1. The average molecular weight is 432 g/mol. The zero-order chi connectivity index (χ0) is 18.8. The van der Waals surface area contributed by atoms with Crippen LogP contribution in [0.1, 0.15) is 24.8 Å². The van der Waals surface area contributed by atoms with Crippen LogP contribution in [0, 0.1) is 0 Å². The van der Waals surface area contributed by atoms with E-state index in [1.807, 2.05) is 28.4 Å². The normalized spacial score (nSPS) is 17.0. The number of halogens is 1. The number of hydrogen-bond donors (Lipinski definition) is 2. The van der Waals surface area contributed by atoms with E-state index in [-0.39, 0.29) is 6.61 Å². The van der Waals surface area contributed by atoms with E-state index in [9.17, 15) is 5.11 Å². The molecular weight excluding hydrogens is 408 g/mol. The zero-order valence-electron chi connectivity index (χ0n) is 15.3. The van der Waals surface area contributed by atoms with Crippen LogP contribution >= 0.6 is 15.9 Å². The minimum atomic E-state index is 0.204. The Morgan fingerprint density at radius 3 is 3.15 bits per heavy atom. The van der Waals surface area contributed by atoms with E-state index in [0.717, 1.165) is 47.6 Å². The van der Waals surface area contributed by atoms with Crippen molar-refractivity contribution in [1.29, 1.82) is 0 Å². The van der Waals surface area contributed by atoms with Gasteiger partial charge in [0, 0.05) is 43.4 Å². The number of anilines is 2. The lowest BCUT2D eigenvalue weighted by molar-refractivity contribution is -0.671. The number of nitrogens with one attached hydrogen (secondary N) is 1. The Balaban J connectivity index is 1.66. The lowest BCUT2D eigenvalue weighted by atomic mass is 10.1. The molecule has 0 radical (unpaired) electrons. The Kier molecular flexibility index (Phi) is 5.27. The van der Waals surface area contributed by atoms with Crippen LogP contribution < -0.4 is 14.8 Å². The molecule has 0 saturated carbocycles. The van der Waals surface area contributed by atoms with Gasteiger partial charge in [-0.05, 0) is 41.3 Å². The summed E-state index contributed by atoms with van der Waals surface area (Å²) in [5.41, 5.74) is 1.99. The maximum absolute atomic E-state index is 9.38. The summed E-state index contributed by atoms with van der Waals surface area (Å²) in [5.74, 6) is 1.84. The second-order valence-corrected chi connectivity index (χ2v) is 7.81. The molecule has 1 aliphatic rings. The molecule has 3 aromatic rings. The van der Waals surface area contributed by atoms with Crippen LogP contribution in [0.15, 0.2) is 41.3 Å². The maximum atomic E-state index is 9.38. The third-order valence-corrected chi connectivity index (χ3v) is 5.58. The fraction of sp³-hybridized carbons (Fsp3) is 0.421. The summed E-state index contributed by atoms with van der Waals surface area (Å²) in [6.45, 7) is 1.87. The minimum absolute atomic E-state index is 0.204. The third kappa shape index (κ3) is 3.77. The van der Waals surface area contributed by atoms with Crippen LogP contribution in [-0.2, 0) is 13.6 Å². The number of aromatic nitrogens is 4. The number of fused-ring (bicyclic) bond motifs is 1. The summed E-state index contributed by atoms with van der Waals surface area (Å²) < 4.78 is 4.74. The summed E-state index contributed by atoms with van der Waals surface area (Å²) >= 11 is 3.56. The lowest BCUT2D eigenvalue weighted by Crippen LogP contribution is -2.31. The highest BCUT2D eigenvalue weighted by atomic mass is 79.9. The molecule has 0 aliphatic carbocycles. The monoisotopic (exact) mass is 431 g/mol. The SMILES string of the molecule is C[n+]1cccc(CNc2cc(N3CCC[C@H]3CCO)nc3c(Br)cnn23)c1. The van der Waals surface area contributed by atoms with Crippen molar-refractivity contribution in [1.82, 2.24) is 14.6 Å². The zero-order valence-corrected chi connectivity index (χ0v) is 16.9. The first-order valence-electron chi connectivity index (χ1n) is 9.25. The summed E-state index contributed by atoms with van der Waals surface area (Å²) in [5, 5.41) is 17.3. The first kappa shape index (κ1) is 18.2. The van der Waals surface area contributed by atoms with E-state index >= 15 is 0 Å². The molecule has 27 heavy (non-hydrogen) atoms. The van der Waals surface area contributed by atoms with Gasteiger partial charge in [-0.25, -0.2) is 9.55 Å². The summed E-state index contributed by atoms with van der Waals surface area (Å²) in [6.07, 6.45) is 8.89. The van der Waals surface area contributed by atoms with E-state index in [1.54, 1.807) is 6.20 Å². The molecule has 4 rings (SSSR count). The first-order valence-corrected chi connectivity index (χ1v) is 10.0. The van der Waals surface area contributed by atoms with Gasteiger partial charge in [0.15, 0.2) is 18.0 Å². The van der Waals surface area contributed by atoms with Crippen molar-refractivity contribution < 1.29 is 9.67 Å². The van der Waals surface area contributed by atoms with Crippen LogP contribution in [-0.4, -0.2) is 38.9 Å². The molecule has 7 nitrogen and oxygen atoms in total. The van der Waals surface area contributed by atoms with Gasteiger partial charge < -0.3 is 15.3 Å². The Morgan fingerprint density at radius 1 is 1.44 bits per heavy atom. The number of nitrogens with zero attached hydrogens (tertiary/aromatic N) is 5. The van der Waals surface area contributed by atoms with Crippen LogP contribution in [0.25, 0.3) is 5.65 Å². The highest BCUT2D eigenvalue weighted by molar-refractivity contribution is 9.10. The predicted molar refractivity (Wildman–Crippen MR) is 108 cm³/mol. The van der Waals surface area contributed by atoms with Gasteiger partial charge in [0.05, 0.1) is 10.7 Å². The first-order chi connectivity index (χ1) is 13.2. The molecule has 0 spiro atoms. The molecule has 0 unspecified atom stereocenters. The summed E-state index contributed by atoms with van der Waals surface area (Å²) in [6, 6.07) is 6.54. The van der Waals surface area contributed by atoms with Crippen molar-refractivity contribution in [2.75, 3.05) is 23.4 Å². The van der Waals surface area contributed by atoms with Crippen molar-refractivity contribution >= 4 is 33.2 Å². The second-order valence-electron chi connectivity index (χ2n) is 6.96. The topological polar surface area (TPSA) is 69.6 Å². The van der Waals surface area contributed by atoms with Crippen LogP contribution in [0.4, 0.5) is 11.6 Å². The fourth-order valence-electron chi connectivity index (χ4n) is 3.73. The Morgan fingerprint density at radius 2 is 2.33 bits per heavy atom. The number of aliphatic hydroxyl groups is 1. The van der Waals surface area contributed by atoms with Gasteiger partial charge in [0.2, 0.25) is 0 Å². The van der Waals surface area contributed by atoms with E-state index in [0.29, 0.717) is 12.6 Å². The lowest BCUT2D eigenvalue weighted by Gasteiger charge is -2.26. The molecule has 0 aromatic carbocycles. The van der Waals surface area contributed by atoms with Gasteiger partial charge in [-0.1, -0.05) is 0 Å². The van der Waals surface area contributed by atoms with E-state index in [2.05, 4.69) is 49.6 Å². The number of rotatable bonds is 6. The van der Waals surface area contributed by atoms with Crippen LogP contribution in [0.5, 0.6) is 0 Å². The molecule has 8 heteroatoms. The molecule has 142 valence electrons. The number of aliphatic hydroxyl groups excluding tert-OH is 1. The number of aryl methyl sites for hydroxylation is 1. The molecule has 1 saturated heterocycles. The van der Waals surface area contributed by atoms with Gasteiger partial charge in [-0.15, -0.1) is 0 Å². The van der Waals surface area contributed by atoms with Crippen molar-refractivity contribution in [3.8, 4) is 0 Å². The molecule has 4 heterocycles. The predicted octanol–water partition coefficient (Wildman–Crippen LogP) is 2.28. The molecule has 0 bridgehead atoms. The quantitative estimate of drug-likeness (QED) is 0.585. The second kappa shape index (κ2) is 7.82. The average Bonchev–Trinajstić information content (AvgIpc) is 3.27. The smallest absolute Gasteiger partial charge is 0.173 e. The summed E-state index contributed by atoms with van der Waals surface area (Å²) in [7, 11) is 2.02. The molecule has 1 fully saturated rings. The highest BCUT2D eigenvalue weighted by Gasteiger charge is 2.26. The molecule has 2 N–H and O–H groups in total. The Bertz CT molecular complexity index is 943. The van der Waals surface area contributed by atoms with E-state index in [1.165, 1.54) is 5.56 Å². The van der Waals surface area contributed by atoms with Gasteiger partial charge in [-0.3, -0.25) is 0 Å². The summed E-state index contributed by atoms with van der Waals surface area (Å²) in [4.78, 5) is 7.14. The van der Waals surface area contributed by atoms with E-state index in [4.69, 9.17) is 4.98 Å². The number of hydrogen-bond acceptors (Lipinski definition) is 5.